The van der Waals surface area contributed by atoms with Gasteiger partial charge in [-0.2, -0.15) is 5.26 Å². The molecule has 1 aromatic rings. The fourth-order valence-electron chi connectivity index (χ4n) is 1.09. The number of methoxy groups -OCH3 is 1. The van der Waals surface area contributed by atoms with E-state index in [9.17, 15) is 4.39 Å². The molecule has 0 bridgehead atoms. The number of nitriles is 1. The largest absolute Gasteiger partial charge is 0.494 e. The number of hydrogen-bond acceptors (Lipinski definition) is 3. The van der Waals surface area contributed by atoms with E-state index < -0.39 is 5.82 Å². The second kappa shape index (κ2) is 5.20. The standard InChI is InChI=1S/C11H13FN2O/c1-8(6-13)7-14-9-3-4-11(15-2)10(12)5-9/h3-5,8,14H,7H2,1-2H3. The van der Waals surface area contributed by atoms with Crippen LogP contribution in [-0.4, -0.2) is 13.7 Å². The predicted molar refractivity (Wildman–Crippen MR) is 56.2 cm³/mol. The number of nitrogens with one attached hydrogen (secondary N) is 1. The minimum absolute atomic E-state index is 0.102. The molecule has 4 heteroatoms. The SMILES string of the molecule is COc1ccc(NCC(C)C#N)cc1F. The van der Waals surface area contributed by atoms with Crippen LogP contribution >= 0.6 is 0 Å². The van der Waals surface area contributed by atoms with E-state index in [1.165, 1.54) is 13.2 Å². The van der Waals surface area contributed by atoms with Gasteiger partial charge in [0.15, 0.2) is 11.6 Å². The molecule has 1 aromatic carbocycles. The Morgan fingerprint density at radius 1 is 1.60 bits per heavy atom. The smallest absolute Gasteiger partial charge is 0.167 e. The number of nitrogens with zero attached hydrogens (tertiary/aromatic N) is 1. The van der Waals surface area contributed by atoms with Gasteiger partial charge in [-0.15, -0.1) is 0 Å². The summed E-state index contributed by atoms with van der Waals surface area (Å²) in [6, 6.07) is 6.71. The average Bonchev–Trinajstić information content (AvgIpc) is 2.26. The Morgan fingerprint density at radius 2 is 2.33 bits per heavy atom. The van der Waals surface area contributed by atoms with Gasteiger partial charge in [-0.3, -0.25) is 0 Å². The quantitative estimate of drug-likeness (QED) is 0.826. The fraction of sp³-hybridized carbons (Fsp3) is 0.364. The first-order valence-electron chi connectivity index (χ1n) is 4.64. The van der Waals surface area contributed by atoms with Crippen LogP contribution in [0.5, 0.6) is 5.75 Å². The Kier molecular flexibility index (Phi) is 3.92. The van der Waals surface area contributed by atoms with Crippen LogP contribution < -0.4 is 10.1 Å². The van der Waals surface area contributed by atoms with Gasteiger partial charge in [0.1, 0.15) is 0 Å². The minimum Gasteiger partial charge on any atom is -0.494 e. The maximum atomic E-state index is 13.2. The van der Waals surface area contributed by atoms with Crippen molar-refractivity contribution >= 4 is 5.69 Å². The zero-order valence-corrected chi connectivity index (χ0v) is 8.75. The lowest BCUT2D eigenvalue weighted by atomic mass is 10.2. The van der Waals surface area contributed by atoms with Gasteiger partial charge in [0.25, 0.3) is 0 Å². The van der Waals surface area contributed by atoms with Crippen molar-refractivity contribution in [3.63, 3.8) is 0 Å². The highest BCUT2D eigenvalue weighted by Gasteiger charge is 2.04. The summed E-state index contributed by atoms with van der Waals surface area (Å²) in [4.78, 5) is 0. The van der Waals surface area contributed by atoms with E-state index >= 15 is 0 Å². The molecule has 0 aromatic heterocycles. The van der Waals surface area contributed by atoms with Crippen LogP contribution in [0, 0.1) is 23.1 Å². The molecule has 0 aliphatic heterocycles. The number of benzene rings is 1. The second-order valence-corrected chi connectivity index (χ2v) is 3.26. The molecule has 1 N–H and O–H groups in total. The van der Waals surface area contributed by atoms with Crippen LogP contribution in [0.2, 0.25) is 0 Å². The highest BCUT2D eigenvalue weighted by Crippen LogP contribution is 2.20. The topological polar surface area (TPSA) is 45.0 Å². The number of hydrogen-bond donors (Lipinski definition) is 1. The fourth-order valence-corrected chi connectivity index (χ4v) is 1.09. The summed E-state index contributed by atoms with van der Waals surface area (Å²) < 4.78 is 18.0. The van der Waals surface area contributed by atoms with Crippen molar-refractivity contribution < 1.29 is 9.13 Å². The maximum absolute atomic E-state index is 13.2. The molecule has 0 spiro atoms. The van der Waals surface area contributed by atoms with Crippen molar-refractivity contribution in [2.45, 2.75) is 6.92 Å². The molecule has 0 saturated heterocycles. The molecule has 0 heterocycles. The number of halogens is 1. The van der Waals surface area contributed by atoms with Gasteiger partial charge in [0.05, 0.1) is 19.1 Å². The van der Waals surface area contributed by atoms with E-state index in [2.05, 4.69) is 11.4 Å². The van der Waals surface area contributed by atoms with Crippen LogP contribution in [0.3, 0.4) is 0 Å². The molecule has 0 amide bonds. The van der Waals surface area contributed by atoms with Gasteiger partial charge in [0, 0.05) is 18.3 Å². The summed E-state index contributed by atoms with van der Waals surface area (Å²) in [7, 11) is 1.42. The van der Waals surface area contributed by atoms with E-state index in [0.717, 1.165) is 0 Å². The lowest BCUT2D eigenvalue weighted by molar-refractivity contribution is 0.386. The van der Waals surface area contributed by atoms with Gasteiger partial charge in [-0.25, -0.2) is 4.39 Å². The molecule has 1 unspecified atom stereocenters. The lowest BCUT2D eigenvalue weighted by Gasteiger charge is -2.08. The number of ether oxygens (including phenoxy) is 1. The zero-order chi connectivity index (χ0) is 11.3. The highest BCUT2D eigenvalue weighted by atomic mass is 19.1. The Bertz CT molecular complexity index is 373. The van der Waals surface area contributed by atoms with Crippen molar-refractivity contribution in [3.05, 3.63) is 24.0 Å². The average molecular weight is 208 g/mol. The van der Waals surface area contributed by atoms with E-state index in [-0.39, 0.29) is 11.7 Å². The highest BCUT2D eigenvalue weighted by molar-refractivity contribution is 5.47. The van der Waals surface area contributed by atoms with Crippen LogP contribution in [0.4, 0.5) is 10.1 Å². The van der Waals surface area contributed by atoms with Crippen LogP contribution in [0.15, 0.2) is 18.2 Å². The summed E-state index contributed by atoms with van der Waals surface area (Å²) in [5.74, 6) is -0.295. The normalized spacial score (nSPS) is 11.6. The second-order valence-electron chi connectivity index (χ2n) is 3.26. The van der Waals surface area contributed by atoms with Crippen molar-refractivity contribution in [2.24, 2.45) is 5.92 Å². The first-order valence-corrected chi connectivity index (χ1v) is 4.64. The first kappa shape index (κ1) is 11.3. The molecule has 0 fully saturated rings. The van der Waals surface area contributed by atoms with Crippen molar-refractivity contribution in [1.82, 2.24) is 0 Å². The third-order valence-corrected chi connectivity index (χ3v) is 1.98. The van der Waals surface area contributed by atoms with E-state index in [0.29, 0.717) is 12.2 Å². The predicted octanol–water partition coefficient (Wildman–Crippen LogP) is 2.41. The summed E-state index contributed by atoms with van der Waals surface area (Å²) in [5.41, 5.74) is 0.649. The van der Waals surface area contributed by atoms with E-state index in [1.807, 2.05) is 0 Å². The van der Waals surface area contributed by atoms with E-state index in [1.54, 1.807) is 19.1 Å². The monoisotopic (exact) mass is 208 g/mol. The Labute approximate surface area is 88.5 Å². The van der Waals surface area contributed by atoms with Crippen molar-refractivity contribution in [1.29, 1.82) is 5.26 Å². The van der Waals surface area contributed by atoms with Crippen molar-refractivity contribution in [2.75, 3.05) is 19.0 Å². The van der Waals surface area contributed by atoms with Crippen molar-refractivity contribution in [3.8, 4) is 11.8 Å². The molecule has 80 valence electrons. The molecule has 0 radical (unpaired) electrons. The molecule has 0 aliphatic rings. The van der Waals surface area contributed by atoms with Crippen LogP contribution in [-0.2, 0) is 0 Å². The molecule has 0 saturated carbocycles. The van der Waals surface area contributed by atoms with Crippen LogP contribution in [0.1, 0.15) is 6.92 Å². The van der Waals surface area contributed by atoms with Gasteiger partial charge >= 0.3 is 0 Å². The zero-order valence-electron chi connectivity index (χ0n) is 8.75. The summed E-state index contributed by atoms with van der Waals surface area (Å²) in [5, 5.41) is 11.5. The molecule has 1 rings (SSSR count). The number of anilines is 1. The molecule has 1 atom stereocenters. The Hall–Kier alpha value is -1.76. The van der Waals surface area contributed by atoms with Gasteiger partial charge in [0.2, 0.25) is 0 Å². The summed E-state index contributed by atoms with van der Waals surface area (Å²) in [6.07, 6.45) is 0. The third-order valence-electron chi connectivity index (χ3n) is 1.98. The number of rotatable bonds is 4. The molecular weight excluding hydrogens is 195 g/mol. The lowest BCUT2D eigenvalue weighted by Crippen LogP contribution is -2.09. The first-order chi connectivity index (χ1) is 7.17. The Balaban J connectivity index is 2.64. The molecule has 0 aliphatic carbocycles. The molecular formula is C11H13FN2O. The van der Waals surface area contributed by atoms with E-state index in [4.69, 9.17) is 10.00 Å². The summed E-state index contributed by atoms with van der Waals surface area (Å²) >= 11 is 0. The minimum atomic E-state index is -0.410. The maximum Gasteiger partial charge on any atom is 0.167 e. The summed E-state index contributed by atoms with van der Waals surface area (Å²) in [6.45, 7) is 2.30. The van der Waals surface area contributed by atoms with Crippen LogP contribution in [0.25, 0.3) is 0 Å². The van der Waals surface area contributed by atoms with Gasteiger partial charge in [-0.1, -0.05) is 0 Å². The Morgan fingerprint density at radius 3 is 2.87 bits per heavy atom. The van der Waals surface area contributed by atoms with Gasteiger partial charge in [-0.05, 0) is 19.1 Å². The van der Waals surface area contributed by atoms with Gasteiger partial charge < -0.3 is 10.1 Å². The molecule has 15 heavy (non-hydrogen) atoms. The molecule has 3 nitrogen and oxygen atoms in total. The third kappa shape index (κ3) is 3.13.